The van der Waals surface area contributed by atoms with E-state index < -0.39 is 11.7 Å². The molecule has 0 bridgehead atoms. The van der Waals surface area contributed by atoms with E-state index in [1.54, 1.807) is 0 Å². The van der Waals surface area contributed by atoms with Crippen molar-refractivity contribution in [3.8, 4) is 0 Å². The van der Waals surface area contributed by atoms with Gasteiger partial charge in [-0.3, -0.25) is 9.48 Å². The van der Waals surface area contributed by atoms with Gasteiger partial charge in [-0.15, -0.1) is 0 Å². The number of alkyl halides is 3. The third kappa shape index (κ3) is 5.81. The lowest BCUT2D eigenvalue weighted by atomic mass is 10.1. The molecule has 0 spiro atoms. The summed E-state index contributed by atoms with van der Waals surface area (Å²) in [6.45, 7) is 11.6. The standard InChI is InChI=1S/C23H32F3N5O/c1-16(2)15-31-18(4)20(17(3)28-31)7-9-22(32)30-11-5-10-29(12-13-30)21-8-6-19(14-27-21)23(24,25)26/h6,8,14,16H,5,7,9-13,15H2,1-4H3. The second-order valence-electron chi connectivity index (χ2n) is 8.85. The highest BCUT2D eigenvalue weighted by molar-refractivity contribution is 5.76. The summed E-state index contributed by atoms with van der Waals surface area (Å²) in [4.78, 5) is 20.7. The number of hydrogen-bond donors (Lipinski definition) is 0. The van der Waals surface area contributed by atoms with Gasteiger partial charge >= 0.3 is 6.18 Å². The summed E-state index contributed by atoms with van der Waals surface area (Å²) < 4.78 is 40.3. The predicted octanol–water partition coefficient (Wildman–Crippen LogP) is 4.24. The summed E-state index contributed by atoms with van der Waals surface area (Å²) >= 11 is 0. The van der Waals surface area contributed by atoms with Crippen molar-refractivity contribution in [2.75, 3.05) is 31.1 Å². The maximum absolute atomic E-state index is 12.9. The van der Waals surface area contributed by atoms with Crippen molar-refractivity contribution < 1.29 is 18.0 Å². The van der Waals surface area contributed by atoms with Crippen LogP contribution in [0.1, 0.15) is 49.2 Å². The number of pyridine rings is 1. The summed E-state index contributed by atoms with van der Waals surface area (Å²) in [6.07, 6.45) is -1.69. The fraction of sp³-hybridized carbons (Fsp3) is 0.609. The van der Waals surface area contributed by atoms with E-state index in [0.29, 0.717) is 50.8 Å². The van der Waals surface area contributed by atoms with Crippen LogP contribution in [-0.4, -0.2) is 51.8 Å². The number of aromatic nitrogens is 3. The highest BCUT2D eigenvalue weighted by Crippen LogP contribution is 2.29. The number of carbonyl (C=O) groups is 1. The number of aryl methyl sites for hydroxylation is 1. The van der Waals surface area contributed by atoms with E-state index in [1.165, 1.54) is 6.07 Å². The topological polar surface area (TPSA) is 54.3 Å². The molecule has 2 aromatic rings. The SMILES string of the molecule is Cc1nn(CC(C)C)c(C)c1CCC(=O)N1CCCN(c2ccc(C(F)(F)F)cn2)CC1. The first kappa shape index (κ1) is 24.1. The first-order valence-electron chi connectivity index (χ1n) is 11.1. The van der Waals surface area contributed by atoms with Gasteiger partial charge < -0.3 is 9.80 Å². The number of hydrogen-bond acceptors (Lipinski definition) is 4. The van der Waals surface area contributed by atoms with Crippen LogP contribution in [0.15, 0.2) is 18.3 Å². The van der Waals surface area contributed by atoms with Gasteiger partial charge in [-0.05, 0) is 50.3 Å². The van der Waals surface area contributed by atoms with E-state index in [0.717, 1.165) is 42.2 Å². The maximum Gasteiger partial charge on any atom is 0.417 e. The zero-order valence-corrected chi connectivity index (χ0v) is 19.2. The van der Waals surface area contributed by atoms with Crippen LogP contribution in [0, 0.1) is 19.8 Å². The van der Waals surface area contributed by atoms with Gasteiger partial charge in [-0.1, -0.05) is 13.8 Å². The summed E-state index contributed by atoms with van der Waals surface area (Å²) in [6, 6.07) is 2.46. The van der Waals surface area contributed by atoms with Gasteiger partial charge in [0, 0.05) is 51.0 Å². The second-order valence-corrected chi connectivity index (χ2v) is 8.85. The molecule has 176 valence electrons. The summed E-state index contributed by atoms with van der Waals surface area (Å²) in [5, 5.41) is 4.63. The molecule has 0 unspecified atom stereocenters. The van der Waals surface area contributed by atoms with Crippen molar-refractivity contribution in [2.24, 2.45) is 5.92 Å². The minimum Gasteiger partial charge on any atom is -0.355 e. The smallest absolute Gasteiger partial charge is 0.355 e. The van der Waals surface area contributed by atoms with E-state index in [1.807, 2.05) is 21.4 Å². The van der Waals surface area contributed by atoms with E-state index in [2.05, 4.69) is 30.9 Å². The Hall–Kier alpha value is -2.58. The molecule has 0 radical (unpaired) electrons. The molecule has 1 saturated heterocycles. The van der Waals surface area contributed by atoms with Crippen molar-refractivity contribution >= 4 is 11.7 Å². The van der Waals surface area contributed by atoms with Crippen molar-refractivity contribution in [3.63, 3.8) is 0 Å². The quantitative estimate of drug-likeness (QED) is 0.659. The third-order valence-corrected chi connectivity index (χ3v) is 5.91. The predicted molar refractivity (Wildman–Crippen MR) is 118 cm³/mol. The van der Waals surface area contributed by atoms with Crippen LogP contribution in [0.3, 0.4) is 0 Å². The first-order chi connectivity index (χ1) is 15.1. The molecule has 0 N–H and O–H groups in total. The Labute approximate surface area is 187 Å². The molecule has 0 atom stereocenters. The number of anilines is 1. The molecule has 2 aromatic heterocycles. The van der Waals surface area contributed by atoms with Crippen LogP contribution in [0.25, 0.3) is 0 Å². The molecule has 9 heteroatoms. The molecule has 3 heterocycles. The lowest BCUT2D eigenvalue weighted by Gasteiger charge is -2.23. The first-order valence-corrected chi connectivity index (χ1v) is 11.1. The molecule has 1 aliphatic rings. The molecule has 6 nitrogen and oxygen atoms in total. The van der Waals surface area contributed by atoms with Crippen LogP contribution < -0.4 is 4.90 Å². The average molecular weight is 452 g/mol. The minimum absolute atomic E-state index is 0.0997. The molecular weight excluding hydrogens is 419 g/mol. The lowest BCUT2D eigenvalue weighted by molar-refractivity contribution is -0.137. The number of carbonyl (C=O) groups excluding carboxylic acids is 1. The molecular formula is C23H32F3N5O. The zero-order chi connectivity index (χ0) is 23.5. The number of rotatable bonds is 6. The zero-order valence-electron chi connectivity index (χ0n) is 19.2. The van der Waals surface area contributed by atoms with Gasteiger partial charge in [0.25, 0.3) is 0 Å². The Morgan fingerprint density at radius 3 is 2.50 bits per heavy atom. The molecule has 1 aliphatic heterocycles. The largest absolute Gasteiger partial charge is 0.417 e. The summed E-state index contributed by atoms with van der Waals surface area (Å²) in [7, 11) is 0. The second kappa shape index (κ2) is 9.92. The van der Waals surface area contributed by atoms with Crippen LogP contribution in [0.2, 0.25) is 0 Å². The van der Waals surface area contributed by atoms with Crippen molar-refractivity contribution in [1.82, 2.24) is 19.7 Å². The van der Waals surface area contributed by atoms with Crippen LogP contribution in [-0.2, 0) is 23.9 Å². The Kier molecular flexibility index (Phi) is 7.46. The van der Waals surface area contributed by atoms with Crippen LogP contribution in [0.4, 0.5) is 19.0 Å². The monoisotopic (exact) mass is 451 g/mol. The fourth-order valence-corrected chi connectivity index (χ4v) is 4.15. The van der Waals surface area contributed by atoms with Crippen molar-refractivity contribution in [1.29, 1.82) is 0 Å². The Morgan fingerprint density at radius 1 is 1.12 bits per heavy atom. The summed E-state index contributed by atoms with van der Waals surface area (Å²) in [5.74, 6) is 1.11. The molecule has 1 amide bonds. The third-order valence-electron chi connectivity index (χ3n) is 5.91. The maximum atomic E-state index is 12.9. The van der Waals surface area contributed by atoms with E-state index in [9.17, 15) is 18.0 Å². The van der Waals surface area contributed by atoms with Gasteiger partial charge in [0.05, 0.1) is 11.3 Å². The normalized spacial score (nSPS) is 15.4. The number of nitrogens with zero attached hydrogens (tertiary/aromatic N) is 5. The van der Waals surface area contributed by atoms with E-state index >= 15 is 0 Å². The van der Waals surface area contributed by atoms with Crippen LogP contribution >= 0.6 is 0 Å². The molecule has 32 heavy (non-hydrogen) atoms. The van der Waals surface area contributed by atoms with Gasteiger partial charge in [0.1, 0.15) is 5.82 Å². The highest BCUT2D eigenvalue weighted by atomic mass is 19.4. The van der Waals surface area contributed by atoms with E-state index in [-0.39, 0.29) is 5.91 Å². The molecule has 3 rings (SSSR count). The Morgan fingerprint density at radius 2 is 1.88 bits per heavy atom. The van der Waals surface area contributed by atoms with Gasteiger partial charge in [-0.25, -0.2) is 4.98 Å². The van der Waals surface area contributed by atoms with E-state index in [4.69, 9.17) is 0 Å². The van der Waals surface area contributed by atoms with Gasteiger partial charge in [0.15, 0.2) is 0 Å². The molecule has 0 aromatic carbocycles. The Bertz CT molecular complexity index is 921. The molecule has 0 aliphatic carbocycles. The lowest BCUT2D eigenvalue weighted by Crippen LogP contribution is -2.35. The van der Waals surface area contributed by atoms with Crippen LogP contribution in [0.5, 0.6) is 0 Å². The van der Waals surface area contributed by atoms with Crippen molar-refractivity contribution in [3.05, 3.63) is 40.8 Å². The van der Waals surface area contributed by atoms with Crippen molar-refractivity contribution in [2.45, 2.75) is 59.7 Å². The average Bonchev–Trinajstić information content (AvgIpc) is 2.90. The molecule has 1 fully saturated rings. The highest BCUT2D eigenvalue weighted by Gasteiger charge is 2.31. The molecule has 0 saturated carbocycles. The Balaban J connectivity index is 1.56. The van der Waals surface area contributed by atoms with Gasteiger partial charge in [-0.2, -0.15) is 18.3 Å². The fourth-order valence-electron chi connectivity index (χ4n) is 4.15. The minimum atomic E-state index is -4.39. The summed E-state index contributed by atoms with van der Waals surface area (Å²) in [5.41, 5.74) is 2.49. The number of halogens is 3. The number of amides is 1. The van der Waals surface area contributed by atoms with Gasteiger partial charge in [0.2, 0.25) is 5.91 Å².